The van der Waals surface area contributed by atoms with Crippen LogP contribution in [0.4, 0.5) is 0 Å². The molecule has 2 rings (SSSR count). The zero-order chi connectivity index (χ0) is 11.5. The monoisotopic (exact) mass is 259 g/mol. The Balaban J connectivity index is 1.98. The molecular formula is C12H15Cl2NO. The summed E-state index contributed by atoms with van der Waals surface area (Å²) in [7, 11) is 1.59. The SMILES string of the molecule is COc1cc(Cl)c(CNCC2CC2)cc1Cl. The van der Waals surface area contributed by atoms with Gasteiger partial charge in [0.05, 0.1) is 12.1 Å². The fraction of sp³-hybridized carbons (Fsp3) is 0.500. The second kappa shape index (κ2) is 5.26. The van der Waals surface area contributed by atoms with Crippen LogP contribution in [0.3, 0.4) is 0 Å². The Morgan fingerprint density at radius 2 is 2.06 bits per heavy atom. The van der Waals surface area contributed by atoms with Crippen LogP contribution in [0.15, 0.2) is 12.1 Å². The van der Waals surface area contributed by atoms with E-state index in [4.69, 9.17) is 27.9 Å². The fourth-order valence-electron chi connectivity index (χ4n) is 1.59. The molecule has 1 fully saturated rings. The van der Waals surface area contributed by atoms with Crippen LogP contribution in [0.1, 0.15) is 18.4 Å². The van der Waals surface area contributed by atoms with Gasteiger partial charge in [-0.1, -0.05) is 23.2 Å². The van der Waals surface area contributed by atoms with Crippen molar-refractivity contribution in [1.82, 2.24) is 5.32 Å². The second-order valence-corrected chi connectivity index (χ2v) is 4.97. The van der Waals surface area contributed by atoms with E-state index in [1.165, 1.54) is 12.8 Å². The summed E-state index contributed by atoms with van der Waals surface area (Å²) in [4.78, 5) is 0. The van der Waals surface area contributed by atoms with E-state index in [1.807, 2.05) is 6.07 Å². The average molecular weight is 260 g/mol. The van der Waals surface area contributed by atoms with Crippen LogP contribution >= 0.6 is 23.2 Å². The molecule has 0 unspecified atom stereocenters. The number of hydrogen-bond acceptors (Lipinski definition) is 2. The maximum Gasteiger partial charge on any atom is 0.138 e. The topological polar surface area (TPSA) is 21.3 Å². The minimum atomic E-state index is 0.607. The van der Waals surface area contributed by atoms with E-state index in [2.05, 4.69) is 5.32 Å². The van der Waals surface area contributed by atoms with E-state index in [1.54, 1.807) is 13.2 Å². The summed E-state index contributed by atoms with van der Waals surface area (Å²) < 4.78 is 5.10. The van der Waals surface area contributed by atoms with Crippen molar-refractivity contribution in [1.29, 1.82) is 0 Å². The van der Waals surface area contributed by atoms with Gasteiger partial charge in [-0.05, 0) is 36.9 Å². The van der Waals surface area contributed by atoms with Gasteiger partial charge in [0.2, 0.25) is 0 Å². The predicted molar refractivity (Wildman–Crippen MR) is 67.4 cm³/mol. The first kappa shape index (κ1) is 12.0. The minimum absolute atomic E-state index is 0.607. The summed E-state index contributed by atoms with van der Waals surface area (Å²) in [5.74, 6) is 1.49. The first-order valence-electron chi connectivity index (χ1n) is 5.43. The molecule has 1 saturated carbocycles. The van der Waals surface area contributed by atoms with E-state index in [9.17, 15) is 0 Å². The Kier molecular flexibility index (Phi) is 3.95. The number of hydrogen-bond donors (Lipinski definition) is 1. The number of rotatable bonds is 5. The molecule has 0 radical (unpaired) electrons. The van der Waals surface area contributed by atoms with Crippen LogP contribution in [0, 0.1) is 5.92 Å². The Labute approximate surface area is 106 Å². The predicted octanol–water partition coefficient (Wildman–Crippen LogP) is 3.50. The lowest BCUT2D eigenvalue weighted by Gasteiger charge is -2.09. The molecule has 0 aliphatic heterocycles. The molecule has 0 saturated heterocycles. The van der Waals surface area contributed by atoms with Gasteiger partial charge in [0, 0.05) is 17.6 Å². The lowest BCUT2D eigenvalue weighted by atomic mass is 10.2. The third-order valence-corrected chi connectivity index (χ3v) is 3.41. The molecule has 1 aliphatic carbocycles. The summed E-state index contributed by atoms with van der Waals surface area (Å²) in [6.45, 7) is 1.83. The van der Waals surface area contributed by atoms with Gasteiger partial charge in [-0.15, -0.1) is 0 Å². The molecule has 0 spiro atoms. The van der Waals surface area contributed by atoms with Crippen molar-refractivity contribution in [3.8, 4) is 5.75 Å². The second-order valence-electron chi connectivity index (χ2n) is 4.15. The Bertz CT molecular complexity index is 378. The third kappa shape index (κ3) is 3.03. The number of halogens is 2. The van der Waals surface area contributed by atoms with Crippen molar-refractivity contribution in [2.24, 2.45) is 5.92 Å². The maximum atomic E-state index is 6.13. The van der Waals surface area contributed by atoms with Gasteiger partial charge < -0.3 is 10.1 Å². The van der Waals surface area contributed by atoms with Crippen molar-refractivity contribution in [2.75, 3.05) is 13.7 Å². The number of benzene rings is 1. The number of methoxy groups -OCH3 is 1. The van der Waals surface area contributed by atoms with Crippen LogP contribution in [-0.2, 0) is 6.54 Å². The molecule has 4 heteroatoms. The van der Waals surface area contributed by atoms with Crippen molar-refractivity contribution in [2.45, 2.75) is 19.4 Å². The average Bonchev–Trinajstić information content (AvgIpc) is 3.06. The lowest BCUT2D eigenvalue weighted by Crippen LogP contribution is -2.16. The molecule has 0 heterocycles. The van der Waals surface area contributed by atoms with Gasteiger partial charge in [-0.25, -0.2) is 0 Å². The Morgan fingerprint density at radius 3 is 2.69 bits per heavy atom. The van der Waals surface area contributed by atoms with E-state index in [-0.39, 0.29) is 0 Å². The van der Waals surface area contributed by atoms with E-state index in [0.717, 1.165) is 24.6 Å². The van der Waals surface area contributed by atoms with Gasteiger partial charge in [0.1, 0.15) is 5.75 Å². The van der Waals surface area contributed by atoms with Crippen LogP contribution in [0.25, 0.3) is 0 Å². The normalized spacial score (nSPS) is 15.2. The summed E-state index contributed by atoms with van der Waals surface area (Å²) in [5.41, 5.74) is 1.02. The highest BCUT2D eigenvalue weighted by atomic mass is 35.5. The Morgan fingerprint density at radius 1 is 1.31 bits per heavy atom. The molecule has 0 atom stereocenters. The van der Waals surface area contributed by atoms with Crippen LogP contribution in [-0.4, -0.2) is 13.7 Å². The fourth-order valence-corrected chi connectivity index (χ4v) is 2.08. The highest BCUT2D eigenvalue weighted by Gasteiger charge is 2.20. The Hall–Kier alpha value is -0.440. The molecule has 1 aliphatic rings. The molecular weight excluding hydrogens is 245 g/mol. The maximum absolute atomic E-state index is 6.13. The third-order valence-electron chi connectivity index (χ3n) is 2.77. The first-order valence-corrected chi connectivity index (χ1v) is 6.19. The first-order chi connectivity index (χ1) is 7.70. The summed E-state index contributed by atoms with van der Waals surface area (Å²) in [6, 6.07) is 3.63. The van der Waals surface area contributed by atoms with Crippen LogP contribution < -0.4 is 10.1 Å². The van der Waals surface area contributed by atoms with E-state index in [0.29, 0.717) is 15.8 Å². The van der Waals surface area contributed by atoms with Crippen molar-refractivity contribution in [3.05, 3.63) is 27.7 Å². The molecule has 1 N–H and O–H groups in total. The van der Waals surface area contributed by atoms with Gasteiger partial charge in [0.15, 0.2) is 0 Å². The molecule has 0 aromatic heterocycles. The van der Waals surface area contributed by atoms with Gasteiger partial charge in [-0.2, -0.15) is 0 Å². The van der Waals surface area contributed by atoms with Gasteiger partial charge in [0.25, 0.3) is 0 Å². The molecule has 1 aromatic rings. The smallest absolute Gasteiger partial charge is 0.138 e. The molecule has 88 valence electrons. The van der Waals surface area contributed by atoms with Gasteiger partial charge in [-0.3, -0.25) is 0 Å². The standard InChI is InChI=1S/C12H15Cl2NO/c1-16-12-5-10(13)9(4-11(12)14)7-15-6-8-2-3-8/h4-5,8,15H,2-3,6-7H2,1H3. The van der Waals surface area contributed by atoms with E-state index >= 15 is 0 Å². The van der Waals surface area contributed by atoms with Crippen molar-refractivity contribution < 1.29 is 4.74 Å². The molecule has 0 amide bonds. The van der Waals surface area contributed by atoms with E-state index < -0.39 is 0 Å². The zero-order valence-corrected chi connectivity index (χ0v) is 10.7. The van der Waals surface area contributed by atoms with Crippen molar-refractivity contribution in [3.63, 3.8) is 0 Å². The van der Waals surface area contributed by atoms with Crippen molar-refractivity contribution >= 4 is 23.2 Å². The number of nitrogens with one attached hydrogen (secondary N) is 1. The van der Waals surface area contributed by atoms with Crippen LogP contribution in [0.2, 0.25) is 10.0 Å². The molecule has 2 nitrogen and oxygen atoms in total. The summed E-state index contributed by atoms with van der Waals surface area (Å²) >= 11 is 12.2. The molecule has 16 heavy (non-hydrogen) atoms. The summed E-state index contributed by atoms with van der Waals surface area (Å²) in [5, 5.41) is 4.69. The molecule has 1 aromatic carbocycles. The zero-order valence-electron chi connectivity index (χ0n) is 9.22. The highest BCUT2D eigenvalue weighted by Crippen LogP contribution is 2.31. The van der Waals surface area contributed by atoms with Gasteiger partial charge >= 0.3 is 0 Å². The quantitative estimate of drug-likeness (QED) is 0.874. The summed E-state index contributed by atoms with van der Waals surface area (Å²) in [6.07, 6.45) is 2.70. The lowest BCUT2D eigenvalue weighted by molar-refractivity contribution is 0.415. The highest BCUT2D eigenvalue weighted by molar-refractivity contribution is 6.34. The minimum Gasteiger partial charge on any atom is -0.495 e. The largest absolute Gasteiger partial charge is 0.495 e. The van der Waals surface area contributed by atoms with Crippen LogP contribution in [0.5, 0.6) is 5.75 Å². The number of ether oxygens (including phenoxy) is 1. The molecule has 0 bridgehead atoms.